The fraction of sp³-hybridized carbons (Fsp3) is 0.457. The number of terminal acetylenes is 1. The van der Waals surface area contributed by atoms with Crippen molar-refractivity contribution in [1.82, 2.24) is 19.9 Å². The third-order valence-corrected chi connectivity index (χ3v) is 10.5. The molecule has 3 fully saturated rings. The van der Waals surface area contributed by atoms with Gasteiger partial charge < -0.3 is 19.8 Å². The standard InChI is InChI=1S/C35H35F2N5O3/c1-2-24-26(36)9-5-20-17-23(44)18-25(28(20)24)31-30(37)32-29-27(38-31)10-7-21-6-8-22(43)11-16-42(21)33(29)40-34(39-32)45-19-35-12-3-14-41(35)15-4-13-35/h1,5,9,17-18,21-22,43-44H,3-4,6-8,10-16,19H2. The van der Waals surface area contributed by atoms with Crippen molar-refractivity contribution in [3.63, 3.8) is 0 Å². The summed E-state index contributed by atoms with van der Waals surface area (Å²) in [7, 11) is 0. The number of aryl methyl sites for hydroxylation is 1. The monoisotopic (exact) mass is 611 g/mol. The van der Waals surface area contributed by atoms with E-state index < -0.39 is 17.7 Å². The molecule has 2 atom stereocenters. The maximum atomic E-state index is 17.0. The normalized spacial score (nSPS) is 22.6. The predicted octanol–water partition coefficient (Wildman–Crippen LogP) is 5.48. The molecular weight excluding hydrogens is 576 g/mol. The molecule has 2 N–H and O–H groups in total. The van der Waals surface area contributed by atoms with Crippen LogP contribution >= 0.6 is 0 Å². The molecule has 0 spiro atoms. The minimum atomic E-state index is -0.712. The highest BCUT2D eigenvalue weighted by molar-refractivity contribution is 6.03. The van der Waals surface area contributed by atoms with Gasteiger partial charge in [0, 0.05) is 23.5 Å². The number of pyridine rings is 1. The van der Waals surface area contributed by atoms with E-state index in [9.17, 15) is 14.6 Å². The molecular formula is C35H35F2N5O3. The van der Waals surface area contributed by atoms with Crippen LogP contribution in [0.3, 0.4) is 0 Å². The number of fused-ring (bicyclic) bond motifs is 4. The lowest BCUT2D eigenvalue weighted by Crippen LogP contribution is -2.43. The summed E-state index contributed by atoms with van der Waals surface area (Å²) in [6.07, 6.45) is 13.0. The van der Waals surface area contributed by atoms with Crippen molar-refractivity contribution in [2.45, 2.75) is 75.5 Å². The van der Waals surface area contributed by atoms with Crippen LogP contribution in [0.25, 0.3) is 32.9 Å². The number of aromatic hydroxyl groups is 1. The van der Waals surface area contributed by atoms with Crippen molar-refractivity contribution >= 4 is 27.5 Å². The number of halogens is 2. The lowest BCUT2D eigenvalue weighted by Gasteiger charge is -2.32. The Bertz CT molecular complexity index is 1880. The number of hydrogen-bond acceptors (Lipinski definition) is 8. The first-order valence-electron chi connectivity index (χ1n) is 16.0. The Morgan fingerprint density at radius 2 is 1.82 bits per heavy atom. The molecule has 4 aromatic rings. The van der Waals surface area contributed by atoms with Gasteiger partial charge in [-0.1, -0.05) is 12.0 Å². The molecule has 0 saturated carbocycles. The van der Waals surface area contributed by atoms with Gasteiger partial charge in [-0.2, -0.15) is 9.97 Å². The van der Waals surface area contributed by atoms with Crippen molar-refractivity contribution in [1.29, 1.82) is 0 Å². The average molecular weight is 612 g/mol. The molecule has 2 unspecified atom stereocenters. The van der Waals surface area contributed by atoms with Gasteiger partial charge in [-0.3, -0.25) is 4.90 Å². The SMILES string of the molecule is C#Cc1c(F)ccc2cc(O)cc(-c3nc4c5c(nc(OCC67CCCN6CCC7)nc5c3F)N3CCC(O)CCC3CC4)c12. The maximum absolute atomic E-state index is 17.0. The van der Waals surface area contributed by atoms with Gasteiger partial charge >= 0.3 is 6.01 Å². The highest BCUT2D eigenvalue weighted by Gasteiger charge is 2.45. The number of hydrogen-bond donors (Lipinski definition) is 2. The zero-order chi connectivity index (χ0) is 30.9. The summed E-state index contributed by atoms with van der Waals surface area (Å²) in [5.74, 6) is 1.55. The Hall–Kier alpha value is -4.07. The van der Waals surface area contributed by atoms with E-state index in [0.29, 0.717) is 60.1 Å². The molecule has 2 aromatic heterocycles. The first-order valence-corrected chi connectivity index (χ1v) is 16.0. The Morgan fingerprint density at radius 3 is 2.62 bits per heavy atom. The molecule has 45 heavy (non-hydrogen) atoms. The van der Waals surface area contributed by atoms with Gasteiger partial charge in [-0.25, -0.2) is 13.8 Å². The summed E-state index contributed by atoms with van der Waals surface area (Å²) in [6.45, 7) is 3.10. The smallest absolute Gasteiger partial charge is 0.319 e. The number of aliphatic hydroxyl groups is 1. The summed E-state index contributed by atoms with van der Waals surface area (Å²) in [6, 6.07) is 5.80. The molecule has 10 heteroatoms. The summed E-state index contributed by atoms with van der Waals surface area (Å²) in [5, 5.41) is 22.4. The van der Waals surface area contributed by atoms with Gasteiger partial charge in [-0.05, 0) is 94.5 Å². The third kappa shape index (κ3) is 4.59. The molecule has 6 heterocycles. The quantitative estimate of drug-likeness (QED) is 0.293. The number of aromatic nitrogens is 3. The van der Waals surface area contributed by atoms with Crippen LogP contribution in [0.2, 0.25) is 0 Å². The lowest BCUT2D eigenvalue weighted by atomic mass is 9.95. The van der Waals surface area contributed by atoms with Gasteiger partial charge in [0.15, 0.2) is 5.82 Å². The molecule has 2 aromatic carbocycles. The molecule has 8 rings (SSSR count). The fourth-order valence-corrected chi connectivity index (χ4v) is 8.29. The predicted molar refractivity (Wildman–Crippen MR) is 167 cm³/mol. The molecule has 3 saturated heterocycles. The largest absolute Gasteiger partial charge is 0.508 e. The average Bonchev–Trinajstić information content (AvgIpc) is 3.51. The highest BCUT2D eigenvalue weighted by atomic mass is 19.1. The van der Waals surface area contributed by atoms with Crippen LogP contribution in [-0.2, 0) is 6.42 Å². The Balaban J connectivity index is 1.34. The van der Waals surface area contributed by atoms with Crippen LogP contribution < -0.4 is 9.64 Å². The molecule has 4 aliphatic rings. The van der Waals surface area contributed by atoms with Gasteiger partial charge in [0.25, 0.3) is 0 Å². The minimum absolute atomic E-state index is 0.0223. The van der Waals surface area contributed by atoms with E-state index in [2.05, 4.69) is 15.7 Å². The van der Waals surface area contributed by atoms with E-state index in [1.54, 1.807) is 0 Å². The lowest BCUT2D eigenvalue weighted by molar-refractivity contribution is 0.108. The fourth-order valence-electron chi connectivity index (χ4n) is 8.29. The zero-order valence-electron chi connectivity index (χ0n) is 25.0. The zero-order valence-corrected chi connectivity index (χ0v) is 25.0. The summed E-state index contributed by atoms with van der Waals surface area (Å²) in [5.41, 5.74) is 0.770. The van der Waals surface area contributed by atoms with E-state index in [1.165, 1.54) is 24.3 Å². The topological polar surface area (TPSA) is 94.8 Å². The second-order valence-electron chi connectivity index (χ2n) is 13.0. The molecule has 232 valence electrons. The number of nitrogens with zero attached hydrogens (tertiary/aromatic N) is 5. The summed E-state index contributed by atoms with van der Waals surface area (Å²) >= 11 is 0. The number of aliphatic hydroxyl groups excluding tert-OH is 1. The minimum Gasteiger partial charge on any atom is -0.508 e. The van der Waals surface area contributed by atoms with Gasteiger partial charge in [-0.15, -0.1) is 6.42 Å². The van der Waals surface area contributed by atoms with Gasteiger partial charge in [0.05, 0.1) is 28.3 Å². The molecule has 0 bridgehead atoms. The number of anilines is 1. The third-order valence-electron chi connectivity index (χ3n) is 10.5. The number of phenols is 1. The van der Waals surface area contributed by atoms with E-state index in [0.717, 1.165) is 51.6 Å². The van der Waals surface area contributed by atoms with Crippen molar-refractivity contribution in [2.75, 3.05) is 31.1 Å². The van der Waals surface area contributed by atoms with Gasteiger partial charge in [0.2, 0.25) is 0 Å². The van der Waals surface area contributed by atoms with Crippen molar-refractivity contribution in [3.8, 4) is 35.4 Å². The molecule has 0 aliphatic carbocycles. The van der Waals surface area contributed by atoms with Crippen LogP contribution in [0.1, 0.15) is 62.6 Å². The molecule has 4 aliphatic heterocycles. The second kappa shape index (κ2) is 10.8. The van der Waals surface area contributed by atoms with Crippen LogP contribution in [0.15, 0.2) is 24.3 Å². The number of benzene rings is 2. The van der Waals surface area contributed by atoms with Crippen molar-refractivity contribution in [2.24, 2.45) is 0 Å². The Kier molecular flexibility index (Phi) is 6.80. The van der Waals surface area contributed by atoms with Crippen LogP contribution in [-0.4, -0.2) is 74.0 Å². The van der Waals surface area contributed by atoms with Crippen LogP contribution in [0.5, 0.6) is 11.8 Å². The van der Waals surface area contributed by atoms with E-state index in [1.807, 2.05) is 0 Å². The van der Waals surface area contributed by atoms with E-state index >= 15 is 4.39 Å². The summed E-state index contributed by atoms with van der Waals surface area (Å²) < 4.78 is 38.3. The highest BCUT2D eigenvalue weighted by Crippen LogP contribution is 2.43. The maximum Gasteiger partial charge on any atom is 0.319 e. The second-order valence-corrected chi connectivity index (χ2v) is 13.0. The first-order chi connectivity index (χ1) is 21.8. The van der Waals surface area contributed by atoms with E-state index in [4.69, 9.17) is 26.1 Å². The van der Waals surface area contributed by atoms with Crippen molar-refractivity contribution < 1.29 is 23.7 Å². The van der Waals surface area contributed by atoms with E-state index in [-0.39, 0.29) is 45.7 Å². The molecule has 8 nitrogen and oxygen atoms in total. The molecule has 0 amide bonds. The van der Waals surface area contributed by atoms with Crippen LogP contribution in [0.4, 0.5) is 14.6 Å². The summed E-state index contributed by atoms with van der Waals surface area (Å²) in [4.78, 5) is 19.1. The number of ether oxygens (including phenoxy) is 1. The first kappa shape index (κ1) is 28.4. The Morgan fingerprint density at radius 1 is 1.00 bits per heavy atom. The number of phenolic OH excluding ortho intramolecular Hbond substituents is 1. The molecule has 0 radical (unpaired) electrons. The van der Waals surface area contributed by atoms with Crippen LogP contribution in [0, 0.1) is 24.0 Å². The van der Waals surface area contributed by atoms with Gasteiger partial charge in [0.1, 0.15) is 35.2 Å². The van der Waals surface area contributed by atoms with Crippen molar-refractivity contribution in [3.05, 3.63) is 47.2 Å². The Labute approximate surface area is 260 Å². The number of rotatable bonds is 4.